The highest BCUT2D eigenvalue weighted by molar-refractivity contribution is 6.09. The van der Waals surface area contributed by atoms with Crippen molar-refractivity contribution in [1.82, 2.24) is 4.57 Å². The van der Waals surface area contributed by atoms with Gasteiger partial charge in [0.2, 0.25) is 0 Å². The van der Waals surface area contributed by atoms with Crippen molar-refractivity contribution in [2.45, 2.75) is 38.5 Å². The van der Waals surface area contributed by atoms with Crippen molar-refractivity contribution < 1.29 is 4.42 Å². The average molecular weight is 555 g/mol. The smallest absolute Gasteiger partial charge is 0.136 e. The van der Waals surface area contributed by atoms with Gasteiger partial charge < -0.3 is 8.98 Å². The Labute approximate surface area is 250 Å². The number of benzene rings is 4. The zero-order valence-electron chi connectivity index (χ0n) is 24.3. The van der Waals surface area contributed by atoms with Gasteiger partial charge in [0.25, 0.3) is 0 Å². The molecule has 0 saturated carbocycles. The molecule has 0 spiro atoms. The highest BCUT2D eigenvalue weighted by atomic mass is 16.3. The van der Waals surface area contributed by atoms with Crippen molar-refractivity contribution in [2.24, 2.45) is 5.92 Å². The average Bonchev–Trinajstić information content (AvgIpc) is 3.65. The van der Waals surface area contributed by atoms with Gasteiger partial charge >= 0.3 is 0 Å². The molecule has 0 N–H and O–H groups in total. The van der Waals surface area contributed by atoms with Crippen LogP contribution in [-0.2, 0) is 11.8 Å². The molecule has 3 heteroatoms. The first-order valence-electron chi connectivity index (χ1n) is 15.2. The van der Waals surface area contributed by atoms with Crippen LogP contribution in [0, 0.1) is 17.2 Å². The fourth-order valence-corrected chi connectivity index (χ4v) is 7.95. The first-order valence-corrected chi connectivity index (χ1v) is 15.2. The van der Waals surface area contributed by atoms with Crippen LogP contribution in [0.3, 0.4) is 0 Å². The normalized spacial score (nSPS) is 18.3. The molecule has 3 aliphatic rings. The Bertz CT molecular complexity index is 2310. The van der Waals surface area contributed by atoms with Gasteiger partial charge in [-0.2, -0.15) is 5.26 Å². The van der Waals surface area contributed by atoms with Crippen molar-refractivity contribution in [1.29, 1.82) is 5.26 Å². The molecule has 0 fully saturated rings. The number of furan rings is 1. The molecule has 43 heavy (non-hydrogen) atoms. The summed E-state index contributed by atoms with van der Waals surface area (Å²) < 4.78 is 9.03. The van der Waals surface area contributed by atoms with E-state index >= 15 is 0 Å². The van der Waals surface area contributed by atoms with Crippen molar-refractivity contribution in [3.8, 4) is 17.2 Å². The van der Waals surface area contributed by atoms with E-state index in [0.29, 0.717) is 6.42 Å². The lowest BCUT2D eigenvalue weighted by molar-refractivity contribution is 0.647. The van der Waals surface area contributed by atoms with E-state index in [1.54, 1.807) is 0 Å². The summed E-state index contributed by atoms with van der Waals surface area (Å²) in [7, 11) is 0. The third-order valence-corrected chi connectivity index (χ3v) is 10.0. The second-order valence-electron chi connectivity index (χ2n) is 12.7. The van der Waals surface area contributed by atoms with E-state index in [2.05, 4.69) is 128 Å². The minimum atomic E-state index is -0.237. The van der Waals surface area contributed by atoms with Crippen molar-refractivity contribution in [3.63, 3.8) is 0 Å². The van der Waals surface area contributed by atoms with Crippen LogP contribution in [0.5, 0.6) is 0 Å². The van der Waals surface area contributed by atoms with Crippen LogP contribution in [0.1, 0.15) is 54.6 Å². The van der Waals surface area contributed by atoms with Gasteiger partial charge in [0, 0.05) is 38.4 Å². The molecule has 1 unspecified atom stereocenters. The van der Waals surface area contributed by atoms with E-state index in [1.807, 2.05) is 0 Å². The van der Waals surface area contributed by atoms with E-state index in [-0.39, 0.29) is 11.3 Å². The first-order chi connectivity index (χ1) is 21.0. The standard InChI is InChI=1S/C40H30N2O/c1-40(2)32-14-6-3-11-26(32)30-21-31-29-19-18-24(20-37(29)43-38(31)22-33(30)40)39-25(23-41)10-9-17-36(39)42-34-15-7-4-12-27(34)28-13-5-8-16-35(28)42/h3-7,9,11-15,17-22,25H,8,10,16H2,1-2H3. The Morgan fingerprint density at radius 1 is 0.814 bits per heavy atom. The second-order valence-corrected chi connectivity index (χ2v) is 12.7. The maximum atomic E-state index is 10.4. The Kier molecular flexibility index (Phi) is 4.97. The summed E-state index contributed by atoms with van der Waals surface area (Å²) in [5, 5.41) is 13.9. The highest BCUT2D eigenvalue weighted by Crippen LogP contribution is 2.51. The summed E-state index contributed by atoms with van der Waals surface area (Å²) in [5.41, 5.74) is 14.0. The number of nitriles is 1. The molecule has 0 bridgehead atoms. The molecule has 6 aromatic rings. The van der Waals surface area contributed by atoms with Crippen LogP contribution in [0.2, 0.25) is 0 Å². The number of rotatable bonds is 2. The zero-order valence-corrected chi connectivity index (χ0v) is 24.3. The summed E-state index contributed by atoms with van der Waals surface area (Å²) in [6, 6.07) is 31.1. The Balaban J connectivity index is 1.28. The number of hydrogen-bond acceptors (Lipinski definition) is 2. The molecule has 3 aliphatic carbocycles. The molecule has 1 atom stereocenters. The molecule has 0 radical (unpaired) electrons. The van der Waals surface area contributed by atoms with Crippen LogP contribution in [0.4, 0.5) is 0 Å². The minimum Gasteiger partial charge on any atom is -0.456 e. The molecule has 4 aromatic carbocycles. The lowest BCUT2D eigenvalue weighted by atomic mass is 9.82. The fourth-order valence-electron chi connectivity index (χ4n) is 7.95. The molecule has 3 nitrogen and oxygen atoms in total. The zero-order chi connectivity index (χ0) is 28.9. The lowest BCUT2D eigenvalue weighted by Crippen LogP contribution is -2.14. The summed E-state index contributed by atoms with van der Waals surface area (Å²) in [6.07, 6.45) is 11.6. The molecule has 0 aliphatic heterocycles. The van der Waals surface area contributed by atoms with Crippen LogP contribution >= 0.6 is 0 Å². The van der Waals surface area contributed by atoms with Gasteiger partial charge in [0.05, 0.1) is 23.2 Å². The lowest BCUT2D eigenvalue weighted by Gasteiger charge is -2.24. The van der Waals surface area contributed by atoms with Gasteiger partial charge in [-0.25, -0.2) is 0 Å². The number of hydrogen-bond donors (Lipinski definition) is 0. The Hall–Kier alpha value is -5.07. The monoisotopic (exact) mass is 554 g/mol. The minimum absolute atomic E-state index is 0.0771. The van der Waals surface area contributed by atoms with Gasteiger partial charge in [0.1, 0.15) is 11.2 Å². The van der Waals surface area contributed by atoms with E-state index in [1.165, 1.54) is 44.4 Å². The predicted octanol–water partition coefficient (Wildman–Crippen LogP) is 10.3. The van der Waals surface area contributed by atoms with E-state index in [9.17, 15) is 5.26 Å². The van der Waals surface area contributed by atoms with Crippen molar-refractivity contribution in [2.75, 3.05) is 0 Å². The maximum Gasteiger partial charge on any atom is 0.136 e. The summed E-state index contributed by atoms with van der Waals surface area (Å²) in [4.78, 5) is 0. The molecule has 9 rings (SSSR count). The maximum absolute atomic E-state index is 10.4. The number of fused-ring (bicyclic) bond motifs is 9. The predicted molar refractivity (Wildman–Crippen MR) is 177 cm³/mol. The number of para-hydroxylation sites is 1. The van der Waals surface area contributed by atoms with Gasteiger partial charge in [0.15, 0.2) is 0 Å². The summed E-state index contributed by atoms with van der Waals surface area (Å²) >= 11 is 0. The van der Waals surface area contributed by atoms with E-state index < -0.39 is 0 Å². The molecule has 0 saturated heterocycles. The Morgan fingerprint density at radius 3 is 2.56 bits per heavy atom. The molecule has 206 valence electrons. The molecule has 2 aromatic heterocycles. The third-order valence-electron chi connectivity index (χ3n) is 10.0. The fraction of sp³-hybridized carbons (Fsp3) is 0.175. The number of aromatic nitrogens is 1. The Morgan fingerprint density at radius 2 is 1.65 bits per heavy atom. The van der Waals surface area contributed by atoms with Gasteiger partial charge in [-0.3, -0.25) is 0 Å². The van der Waals surface area contributed by atoms with Gasteiger partial charge in [-0.1, -0.05) is 80.6 Å². The molecular formula is C40H30N2O. The summed E-state index contributed by atoms with van der Waals surface area (Å²) in [6.45, 7) is 4.60. The highest BCUT2D eigenvalue weighted by Gasteiger charge is 2.36. The molecular weight excluding hydrogens is 524 g/mol. The first kappa shape index (κ1) is 24.5. The largest absolute Gasteiger partial charge is 0.456 e. The van der Waals surface area contributed by atoms with Crippen LogP contribution in [-0.4, -0.2) is 4.57 Å². The van der Waals surface area contributed by atoms with Gasteiger partial charge in [-0.05, 0) is 83.5 Å². The molecule has 2 heterocycles. The quantitative estimate of drug-likeness (QED) is 0.214. The van der Waals surface area contributed by atoms with E-state index in [4.69, 9.17) is 4.42 Å². The van der Waals surface area contributed by atoms with Gasteiger partial charge in [-0.15, -0.1) is 0 Å². The molecule has 0 amide bonds. The summed E-state index contributed by atoms with van der Waals surface area (Å²) in [5.74, 6) is -0.237. The van der Waals surface area contributed by atoms with Crippen LogP contribution < -0.4 is 0 Å². The second kappa shape index (κ2) is 8.72. The SMILES string of the molecule is CC1(C)c2ccccc2-c2cc3c(cc21)oc1cc(C2=C(n4c5c(c6ccccc64)C=CCC5)C=CCC2C#N)ccc13. The van der Waals surface area contributed by atoms with E-state index in [0.717, 1.165) is 51.6 Å². The number of allylic oxidation sites excluding steroid dienone is 5. The third kappa shape index (κ3) is 3.30. The van der Waals surface area contributed by atoms with Crippen LogP contribution in [0.15, 0.2) is 102 Å². The number of nitrogens with zero attached hydrogens (tertiary/aromatic N) is 2. The van der Waals surface area contributed by atoms with Crippen molar-refractivity contribution in [3.05, 3.63) is 125 Å². The van der Waals surface area contributed by atoms with Crippen molar-refractivity contribution >= 4 is 50.2 Å². The topological polar surface area (TPSA) is 41.9 Å². The van der Waals surface area contributed by atoms with Crippen LogP contribution in [0.25, 0.3) is 61.3 Å².